The van der Waals surface area contributed by atoms with Crippen LogP contribution in [0.5, 0.6) is 5.75 Å². The lowest BCUT2D eigenvalue weighted by atomic mass is 10.1. The van der Waals surface area contributed by atoms with Gasteiger partial charge in [-0.2, -0.15) is 0 Å². The van der Waals surface area contributed by atoms with Gasteiger partial charge in [0.05, 0.1) is 0 Å². The molecule has 3 nitrogen and oxygen atoms in total. The van der Waals surface area contributed by atoms with Gasteiger partial charge in [0.2, 0.25) is 0 Å². The Hall–Kier alpha value is -1.56. The van der Waals surface area contributed by atoms with Crippen molar-refractivity contribution in [3.8, 4) is 5.75 Å². The van der Waals surface area contributed by atoms with Crippen LogP contribution in [0.2, 0.25) is 0 Å². The first kappa shape index (κ1) is 15.8. The van der Waals surface area contributed by atoms with Gasteiger partial charge in [0.25, 0.3) is 0 Å². The molecule has 21 heavy (non-hydrogen) atoms. The van der Waals surface area contributed by atoms with Crippen LogP contribution < -0.4 is 10.9 Å². The van der Waals surface area contributed by atoms with Crippen molar-refractivity contribution in [2.24, 2.45) is 0 Å². The molecule has 2 rings (SSSR count). The van der Waals surface area contributed by atoms with Gasteiger partial charge in [0, 0.05) is 11.8 Å². The van der Waals surface area contributed by atoms with Crippen LogP contribution in [0.15, 0.2) is 54.6 Å². The molecule has 0 spiro atoms. The third-order valence-corrected chi connectivity index (χ3v) is 4.27. The zero-order valence-corrected chi connectivity index (χ0v) is 13.4. The summed E-state index contributed by atoms with van der Waals surface area (Å²) in [5, 5.41) is 9.47. The van der Waals surface area contributed by atoms with Crippen molar-refractivity contribution >= 4 is 28.3 Å². The number of phenolic OH excluding ortho intramolecular Hbond substituents is 1. The number of benzene rings is 2. The Kier molecular flexibility index (Phi) is 6.04. The number of phenols is 1. The molecule has 0 bridgehead atoms. The molecule has 0 aliphatic heterocycles. The molecular formula is C16H18N2OS2. The minimum absolute atomic E-state index is 0.0485. The van der Waals surface area contributed by atoms with Crippen LogP contribution in [-0.4, -0.2) is 9.43 Å². The minimum atomic E-state index is 0.0485. The Morgan fingerprint density at radius 3 is 2.67 bits per heavy atom. The Labute approximate surface area is 134 Å². The van der Waals surface area contributed by atoms with Gasteiger partial charge in [-0.05, 0) is 30.2 Å². The van der Waals surface area contributed by atoms with Crippen LogP contribution in [0, 0.1) is 0 Å². The normalized spacial score (nSPS) is 11.9. The van der Waals surface area contributed by atoms with E-state index in [2.05, 4.69) is 23.0 Å². The molecule has 0 aliphatic rings. The summed E-state index contributed by atoms with van der Waals surface area (Å²) in [5.41, 5.74) is 8.41. The van der Waals surface area contributed by atoms with E-state index in [-0.39, 0.29) is 11.8 Å². The fourth-order valence-electron chi connectivity index (χ4n) is 1.80. The van der Waals surface area contributed by atoms with Crippen molar-refractivity contribution in [1.82, 2.24) is 10.9 Å². The first-order valence-corrected chi connectivity index (χ1v) is 8.05. The summed E-state index contributed by atoms with van der Waals surface area (Å²) in [6, 6.07) is 17.4. The molecule has 3 N–H and O–H groups in total. The number of thioether (sulfide) groups is 1. The van der Waals surface area contributed by atoms with Gasteiger partial charge < -0.3 is 10.5 Å². The Morgan fingerprint density at radius 1 is 1.19 bits per heavy atom. The van der Waals surface area contributed by atoms with E-state index in [1.54, 1.807) is 23.9 Å². The predicted octanol–water partition coefficient (Wildman–Crippen LogP) is 3.77. The topological polar surface area (TPSA) is 44.3 Å². The van der Waals surface area contributed by atoms with Gasteiger partial charge in [-0.25, -0.2) is 5.43 Å². The molecule has 0 heterocycles. The van der Waals surface area contributed by atoms with Crippen LogP contribution in [-0.2, 0) is 5.75 Å². The van der Waals surface area contributed by atoms with Crippen molar-refractivity contribution in [3.63, 3.8) is 0 Å². The molecule has 0 saturated carbocycles. The summed E-state index contributed by atoms with van der Waals surface area (Å²) < 4.78 is 0.700. The van der Waals surface area contributed by atoms with Crippen LogP contribution in [0.1, 0.15) is 24.1 Å². The number of aromatic hydroxyl groups is 1. The average molecular weight is 318 g/mol. The lowest BCUT2D eigenvalue weighted by molar-refractivity contribution is 0.471. The highest BCUT2D eigenvalue weighted by atomic mass is 32.2. The molecule has 0 fully saturated rings. The molecule has 2 aromatic rings. The van der Waals surface area contributed by atoms with E-state index in [1.807, 2.05) is 37.3 Å². The highest BCUT2D eigenvalue weighted by Gasteiger charge is 2.06. The summed E-state index contributed by atoms with van der Waals surface area (Å²) >= 11 is 6.87. The second-order valence-electron chi connectivity index (χ2n) is 4.65. The monoisotopic (exact) mass is 318 g/mol. The number of hydrazine groups is 1. The summed E-state index contributed by atoms with van der Waals surface area (Å²) in [6.07, 6.45) is 0. The molecule has 1 unspecified atom stereocenters. The van der Waals surface area contributed by atoms with Crippen LogP contribution in [0.3, 0.4) is 0 Å². The van der Waals surface area contributed by atoms with Crippen LogP contribution in [0.25, 0.3) is 0 Å². The summed E-state index contributed by atoms with van der Waals surface area (Å²) in [5.74, 6) is 1.11. The molecule has 5 heteroatoms. The Morgan fingerprint density at radius 2 is 1.95 bits per heavy atom. The molecule has 0 aromatic heterocycles. The molecule has 0 saturated heterocycles. The van der Waals surface area contributed by atoms with E-state index < -0.39 is 0 Å². The molecule has 0 amide bonds. The van der Waals surface area contributed by atoms with E-state index in [9.17, 15) is 5.11 Å². The van der Waals surface area contributed by atoms with E-state index in [4.69, 9.17) is 12.2 Å². The van der Waals surface area contributed by atoms with Crippen molar-refractivity contribution in [1.29, 1.82) is 0 Å². The van der Waals surface area contributed by atoms with Crippen LogP contribution in [0.4, 0.5) is 0 Å². The number of thiocarbonyl (C=S) groups is 1. The molecule has 0 aliphatic carbocycles. The number of nitrogens with one attached hydrogen (secondary N) is 2. The van der Waals surface area contributed by atoms with Gasteiger partial charge in [0.15, 0.2) is 0 Å². The molecule has 110 valence electrons. The van der Waals surface area contributed by atoms with Gasteiger partial charge in [-0.1, -0.05) is 66.4 Å². The molecule has 1 atom stereocenters. The fraction of sp³-hybridized carbons (Fsp3) is 0.188. The lowest BCUT2D eigenvalue weighted by Crippen LogP contribution is -2.36. The SMILES string of the molecule is CC(NNC(=S)SCc1ccccc1)c1cccc(O)c1. The van der Waals surface area contributed by atoms with Gasteiger partial charge in [0.1, 0.15) is 10.1 Å². The Bertz CT molecular complexity index is 590. The molecular weight excluding hydrogens is 300 g/mol. The Balaban J connectivity index is 1.76. The zero-order valence-electron chi connectivity index (χ0n) is 11.7. The predicted molar refractivity (Wildman–Crippen MR) is 93.1 cm³/mol. The smallest absolute Gasteiger partial charge is 0.148 e. The van der Waals surface area contributed by atoms with E-state index in [1.165, 1.54) is 5.56 Å². The highest BCUT2D eigenvalue weighted by Crippen LogP contribution is 2.17. The maximum atomic E-state index is 9.47. The average Bonchev–Trinajstić information content (AvgIpc) is 2.51. The van der Waals surface area contributed by atoms with Gasteiger partial charge >= 0.3 is 0 Å². The maximum absolute atomic E-state index is 9.47. The van der Waals surface area contributed by atoms with Crippen molar-refractivity contribution in [2.45, 2.75) is 18.7 Å². The van der Waals surface area contributed by atoms with Crippen molar-refractivity contribution < 1.29 is 5.11 Å². The molecule has 2 aromatic carbocycles. The van der Waals surface area contributed by atoms with Crippen molar-refractivity contribution in [3.05, 3.63) is 65.7 Å². The van der Waals surface area contributed by atoms with Gasteiger partial charge in [-0.3, -0.25) is 0 Å². The van der Waals surface area contributed by atoms with E-state index >= 15 is 0 Å². The van der Waals surface area contributed by atoms with Gasteiger partial charge in [-0.15, -0.1) is 0 Å². The summed E-state index contributed by atoms with van der Waals surface area (Å²) in [7, 11) is 0. The summed E-state index contributed by atoms with van der Waals surface area (Å²) in [6.45, 7) is 2.01. The maximum Gasteiger partial charge on any atom is 0.148 e. The molecule has 0 radical (unpaired) electrons. The second kappa shape index (κ2) is 8.02. The third kappa shape index (κ3) is 5.38. The fourth-order valence-corrected chi connectivity index (χ4v) is 2.66. The summed E-state index contributed by atoms with van der Waals surface area (Å²) in [4.78, 5) is 0. The quantitative estimate of drug-likeness (QED) is 0.578. The van der Waals surface area contributed by atoms with Crippen LogP contribution >= 0.6 is 24.0 Å². The number of hydrogen-bond acceptors (Lipinski definition) is 4. The standard InChI is InChI=1S/C16H18N2OS2/c1-12(14-8-5-9-15(19)10-14)17-18-16(20)21-11-13-6-3-2-4-7-13/h2-10,12,17,19H,11H2,1H3,(H,18,20). The largest absolute Gasteiger partial charge is 0.508 e. The first-order valence-electron chi connectivity index (χ1n) is 6.66. The van der Waals surface area contributed by atoms with E-state index in [0.29, 0.717) is 4.32 Å². The number of rotatable bonds is 5. The third-order valence-electron chi connectivity index (χ3n) is 2.97. The minimum Gasteiger partial charge on any atom is -0.508 e. The zero-order chi connectivity index (χ0) is 15.1. The van der Waals surface area contributed by atoms with E-state index in [0.717, 1.165) is 11.3 Å². The first-order chi connectivity index (χ1) is 10.1. The lowest BCUT2D eigenvalue weighted by Gasteiger charge is -2.16. The highest BCUT2D eigenvalue weighted by molar-refractivity contribution is 8.22. The second-order valence-corrected chi connectivity index (χ2v) is 6.30. The van der Waals surface area contributed by atoms with Crippen molar-refractivity contribution in [2.75, 3.05) is 0 Å². The number of hydrogen-bond donors (Lipinski definition) is 3.